The molecule has 0 radical (unpaired) electrons. The minimum Gasteiger partial charge on any atom is -0.497 e. The molecule has 7 heteroatoms. The Balaban J connectivity index is 1.56. The van der Waals surface area contributed by atoms with Gasteiger partial charge in [0.2, 0.25) is 0 Å². The van der Waals surface area contributed by atoms with Crippen LogP contribution in [0.3, 0.4) is 0 Å². The maximum atomic E-state index is 13.1. The average Bonchev–Trinajstić information content (AvgIpc) is 3.24. The molecule has 3 aromatic rings. The molecule has 28 heavy (non-hydrogen) atoms. The maximum absolute atomic E-state index is 13.1. The molecule has 0 aliphatic carbocycles. The van der Waals surface area contributed by atoms with Crippen LogP contribution in [0, 0.1) is 0 Å². The summed E-state index contributed by atoms with van der Waals surface area (Å²) in [5.74, 6) is 1.98. The Hall–Kier alpha value is -3.48. The van der Waals surface area contributed by atoms with Crippen molar-refractivity contribution in [1.82, 2.24) is 19.9 Å². The van der Waals surface area contributed by atoms with Gasteiger partial charge in [0.1, 0.15) is 17.4 Å². The van der Waals surface area contributed by atoms with E-state index in [1.807, 2.05) is 41.3 Å². The van der Waals surface area contributed by atoms with Gasteiger partial charge in [-0.15, -0.1) is 0 Å². The highest BCUT2D eigenvalue weighted by Crippen LogP contribution is 2.33. The normalized spacial score (nSPS) is 16.0. The van der Waals surface area contributed by atoms with E-state index in [1.165, 1.54) is 0 Å². The van der Waals surface area contributed by atoms with E-state index < -0.39 is 0 Å². The van der Waals surface area contributed by atoms with Crippen LogP contribution in [0.25, 0.3) is 0 Å². The van der Waals surface area contributed by atoms with Gasteiger partial charge < -0.3 is 15.0 Å². The van der Waals surface area contributed by atoms with Gasteiger partial charge in [0.25, 0.3) is 5.91 Å². The number of anilines is 2. The summed E-state index contributed by atoms with van der Waals surface area (Å²) in [6, 6.07) is 13.0. The molecule has 1 aromatic carbocycles. The summed E-state index contributed by atoms with van der Waals surface area (Å²) in [6.45, 7) is 0.713. The van der Waals surface area contributed by atoms with Crippen LogP contribution in [0.2, 0.25) is 0 Å². The number of aromatic nitrogens is 3. The highest BCUT2D eigenvalue weighted by Gasteiger charge is 2.31. The summed E-state index contributed by atoms with van der Waals surface area (Å²) in [4.78, 5) is 27.9. The lowest BCUT2D eigenvalue weighted by molar-refractivity contribution is 0.0732. The van der Waals surface area contributed by atoms with Crippen molar-refractivity contribution < 1.29 is 9.53 Å². The highest BCUT2D eigenvalue weighted by molar-refractivity contribution is 5.95. The van der Waals surface area contributed by atoms with Crippen molar-refractivity contribution in [3.05, 3.63) is 72.3 Å². The summed E-state index contributed by atoms with van der Waals surface area (Å²) in [7, 11) is 1.60. The van der Waals surface area contributed by atoms with E-state index in [1.54, 1.807) is 31.8 Å². The first-order chi connectivity index (χ1) is 13.7. The summed E-state index contributed by atoms with van der Waals surface area (Å²) >= 11 is 0. The third-order valence-corrected chi connectivity index (χ3v) is 4.76. The van der Waals surface area contributed by atoms with E-state index in [2.05, 4.69) is 15.3 Å². The SMILES string of the molecule is COc1cccc(C(=O)N2CCC[C@@H]2c2cccc(Nc3cnccn3)n2)c1. The Bertz CT molecular complexity index is 964. The molecule has 0 spiro atoms. The zero-order valence-corrected chi connectivity index (χ0v) is 15.6. The molecule has 0 bridgehead atoms. The van der Waals surface area contributed by atoms with Crippen LogP contribution in [0.5, 0.6) is 5.75 Å². The summed E-state index contributed by atoms with van der Waals surface area (Å²) in [5, 5.41) is 3.15. The Morgan fingerprint density at radius 1 is 1.18 bits per heavy atom. The van der Waals surface area contributed by atoms with Crippen LogP contribution >= 0.6 is 0 Å². The van der Waals surface area contributed by atoms with Crippen molar-refractivity contribution in [2.75, 3.05) is 19.0 Å². The lowest BCUT2D eigenvalue weighted by Gasteiger charge is -2.25. The average molecular weight is 375 g/mol. The number of amides is 1. The van der Waals surface area contributed by atoms with Gasteiger partial charge in [-0.25, -0.2) is 9.97 Å². The van der Waals surface area contributed by atoms with E-state index in [-0.39, 0.29) is 11.9 Å². The van der Waals surface area contributed by atoms with E-state index in [9.17, 15) is 4.79 Å². The molecule has 1 atom stereocenters. The lowest BCUT2D eigenvalue weighted by Crippen LogP contribution is -2.31. The summed E-state index contributed by atoms with van der Waals surface area (Å²) in [5.41, 5.74) is 1.49. The van der Waals surface area contributed by atoms with E-state index >= 15 is 0 Å². The predicted molar refractivity (Wildman–Crippen MR) is 106 cm³/mol. The quantitative estimate of drug-likeness (QED) is 0.734. The third-order valence-electron chi connectivity index (χ3n) is 4.76. The van der Waals surface area contributed by atoms with E-state index in [0.717, 1.165) is 18.5 Å². The number of carbonyl (C=O) groups is 1. The number of methoxy groups -OCH3 is 1. The minimum atomic E-state index is -0.0534. The number of rotatable bonds is 5. The van der Waals surface area contributed by atoms with Crippen molar-refractivity contribution in [3.8, 4) is 5.75 Å². The standard InChI is InChI=1S/C21H21N5O2/c1-28-16-6-2-5-15(13-16)21(27)26-12-4-8-18(26)17-7-3-9-19(24-17)25-20-14-22-10-11-23-20/h2-3,5-7,9-11,13-14,18H,4,8,12H2,1H3,(H,23,24,25)/t18-/m1/s1. The molecular weight excluding hydrogens is 354 g/mol. The second-order valence-electron chi connectivity index (χ2n) is 6.55. The number of benzene rings is 1. The molecule has 1 fully saturated rings. The minimum absolute atomic E-state index is 0.00418. The van der Waals surface area contributed by atoms with Gasteiger partial charge >= 0.3 is 0 Å². The number of carbonyl (C=O) groups excluding carboxylic acids is 1. The fourth-order valence-corrected chi connectivity index (χ4v) is 3.44. The molecule has 1 aliphatic heterocycles. The smallest absolute Gasteiger partial charge is 0.254 e. The highest BCUT2D eigenvalue weighted by atomic mass is 16.5. The lowest BCUT2D eigenvalue weighted by atomic mass is 10.1. The molecule has 142 valence electrons. The van der Waals surface area contributed by atoms with Crippen LogP contribution in [0.15, 0.2) is 61.1 Å². The fraction of sp³-hybridized carbons (Fsp3) is 0.238. The molecule has 4 rings (SSSR count). The Labute approximate surface area is 163 Å². The van der Waals surface area contributed by atoms with Crippen LogP contribution in [-0.4, -0.2) is 39.4 Å². The van der Waals surface area contributed by atoms with Gasteiger partial charge in [0, 0.05) is 24.5 Å². The van der Waals surface area contributed by atoms with Gasteiger partial charge in [0.05, 0.1) is 25.0 Å². The number of nitrogens with zero attached hydrogens (tertiary/aromatic N) is 4. The first-order valence-corrected chi connectivity index (χ1v) is 9.19. The Morgan fingerprint density at radius 3 is 2.89 bits per heavy atom. The molecule has 7 nitrogen and oxygen atoms in total. The molecule has 1 N–H and O–H groups in total. The number of nitrogens with one attached hydrogen (secondary N) is 1. The molecule has 0 unspecified atom stereocenters. The zero-order chi connectivity index (χ0) is 19.3. The summed E-state index contributed by atoms with van der Waals surface area (Å²) < 4.78 is 5.25. The van der Waals surface area contributed by atoms with Crippen LogP contribution in [0.4, 0.5) is 11.6 Å². The largest absolute Gasteiger partial charge is 0.497 e. The van der Waals surface area contributed by atoms with Crippen molar-refractivity contribution in [2.45, 2.75) is 18.9 Å². The number of likely N-dealkylation sites (tertiary alicyclic amines) is 1. The first-order valence-electron chi connectivity index (χ1n) is 9.19. The zero-order valence-electron chi connectivity index (χ0n) is 15.6. The summed E-state index contributed by atoms with van der Waals surface area (Å²) in [6.07, 6.45) is 6.72. The van der Waals surface area contributed by atoms with Crippen molar-refractivity contribution in [2.24, 2.45) is 0 Å². The molecule has 2 aromatic heterocycles. The molecule has 1 saturated heterocycles. The van der Waals surface area contributed by atoms with Gasteiger partial charge in [-0.1, -0.05) is 12.1 Å². The molecule has 3 heterocycles. The first kappa shape index (κ1) is 17.9. The van der Waals surface area contributed by atoms with Gasteiger partial charge in [-0.3, -0.25) is 9.78 Å². The number of hydrogen-bond acceptors (Lipinski definition) is 6. The van der Waals surface area contributed by atoms with Gasteiger partial charge in [0.15, 0.2) is 0 Å². The fourth-order valence-electron chi connectivity index (χ4n) is 3.44. The Morgan fingerprint density at radius 2 is 2.07 bits per heavy atom. The van der Waals surface area contributed by atoms with Crippen molar-refractivity contribution in [3.63, 3.8) is 0 Å². The van der Waals surface area contributed by atoms with Gasteiger partial charge in [-0.2, -0.15) is 0 Å². The molecule has 1 amide bonds. The molecule has 0 saturated carbocycles. The monoisotopic (exact) mass is 375 g/mol. The van der Waals surface area contributed by atoms with Crippen LogP contribution < -0.4 is 10.1 Å². The van der Waals surface area contributed by atoms with Crippen LogP contribution in [-0.2, 0) is 0 Å². The maximum Gasteiger partial charge on any atom is 0.254 e. The molecular formula is C21H21N5O2. The third kappa shape index (κ3) is 3.78. The topological polar surface area (TPSA) is 80.2 Å². The predicted octanol–water partition coefficient (Wildman–Crippen LogP) is 3.60. The number of pyridine rings is 1. The van der Waals surface area contributed by atoms with Crippen molar-refractivity contribution >= 4 is 17.5 Å². The van der Waals surface area contributed by atoms with Crippen LogP contribution in [0.1, 0.15) is 34.9 Å². The second kappa shape index (κ2) is 8.04. The van der Waals surface area contributed by atoms with Crippen molar-refractivity contribution in [1.29, 1.82) is 0 Å². The number of ether oxygens (including phenoxy) is 1. The number of hydrogen-bond donors (Lipinski definition) is 1. The van der Waals surface area contributed by atoms with Gasteiger partial charge in [-0.05, 0) is 43.2 Å². The second-order valence-corrected chi connectivity index (χ2v) is 6.55. The van der Waals surface area contributed by atoms with E-state index in [4.69, 9.17) is 9.72 Å². The van der Waals surface area contributed by atoms with E-state index in [0.29, 0.717) is 29.5 Å². The molecule has 1 aliphatic rings. The Kier molecular flexibility index (Phi) is 5.14.